The quantitative estimate of drug-likeness (QED) is 0.483. The maximum absolute atomic E-state index is 5.92. The maximum Gasteiger partial charge on any atom is 0.135 e. The fraction of sp³-hybridized carbons (Fsp3) is 0.0556. The van der Waals surface area contributed by atoms with Crippen LogP contribution >= 0.6 is 0 Å². The number of hydrogen-bond acceptors (Lipinski definition) is 2. The van der Waals surface area contributed by atoms with Crippen LogP contribution in [0.25, 0.3) is 33.0 Å². The lowest BCUT2D eigenvalue weighted by molar-refractivity contribution is 0.580. The zero-order valence-electron chi connectivity index (χ0n) is 11.1. The molecular formula is C18H13NO. The first-order chi connectivity index (χ1) is 9.84. The van der Waals surface area contributed by atoms with Crippen LogP contribution in [0.5, 0.6) is 0 Å². The lowest BCUT2D eigenvalue weighted by Gasteiger charge is -2.02. The molecule has 0 N–H and O–H groups in total. The topological polar surface area (TPSA) is 26.0 Å². The van der Waals surface area contributed by atoms with Crippen molar-refractivity contribution >= 4 is 21.7 Å². The first kappa shape index (κ1) is 11.2. The van der Waals surface area contributed by atoms with E-state index in [1.165, 1.54) is 10.8 Å². The Bertz CT molecular complexity index is 907. The van der Waals surface area contributed by atoms with Crippen molar-refractivity contribution in [2.75, 3.05) is 0 Å². The molecular weight excluding hydrogens is 246 g/mol. The van der Waals surface area contributed by atoms with Crippen molar-refractivity contribution in [1.82, 2.24) is 4.98 Å². The molecule has 0 aliphatic carbocycles. The van der Waals surface area contributed by atoms with Crippen molar-refractivity contribution in [1.29, 1.82) is 0 Å². The zero-order chi connectivity index (χ0) is 13.5. The molecule has 0 aliphatic rings. The van der Waals surface area contributed by atoms with Crippen LogP contribution in [-0.4, -0.2) is 4.98 Å². The molecule has 2 heteroatoms. The van der Waals surface area contributed by atoms with Crippen molar-refractivity contribution in [2.24, 2.45) is 0 Å². The molecule has 96 valence electrons. The van der Waals surface area contributed by atoms with Gasteiger partial charge in [0, 0.05) is 17.1 Å². The van der Waals surface area contributed by atoms with E-state index in [1.807, 2.05) is 37.4 Å². The number of aromatic nitrogens is 1. The van der Waals surface area contributed by atoms with Crippen molar-refractivity contribution in [3.05, 3.63) is 66.6 Å². The SMILES string of the molecule is Cc1oc2ccc3ccccc3c2c1-c1ccccn1. The highest BCUT2D eigenvalue weighted by Crippen LogP contribution is 2.37. The van der Waals surface area contributed by atoms with Gasteiger partial charge in [-0.2, -0.15) is 0 Å². The minimum Gasteiger partial charge on any atom is -0.461 e. The summed E-state index contributed by atoms with van der Waals surface area (Å²) in [7, 11) is 0. The second kappa shape index (κ2) is 4.20. The van der Waals surface area contributed by atoms with Gasteiger partial charge >= 0.3 is 0 Å². The van der Waals surface area contributed by atoms with Crippen LogP contribution < -0.4 is 0 Å². The third-order valence-corrected chi connectivity index (χ3v) is 3.68. The van der Waals surface area contributed by atoms with E-state index in [9.17, 15) is 0 Å². The molecule has 2 nitrogen and oxygen atoms in total. The predicted molar refractivity (Wildman–Crippen MR) is 81.7 cm³/mol. The summed E-state index contributed by atoms with van der Waals surface area (Å²) in [5, 5.41) is 3.58. The van der Waals surface area contributed by atoms with Crippen LogP contribution in [0.2, 0.25) is 0 Å². The van der Waals surface area contributed by atoms with E-state index < -0.39 is 0 Å². The van der Waals surface area contributed by atoms with E-state index in [-0.39, 0.29) is 0 Å². The molecule has 2 aromatic carbocycles. The van der Waals surface area contributed by atoms with Crippen LogP contribution in [0.4, 0.5) is 0 Å². The summed E-state index contributed by atoms with van der Waals surface area (Å²) in [5.74, 6) is 0.912. The Morgan fingerprint density at radius 3 is 2.60 bits per heavy atom. The lowest BCUT2D eigenvalue weighted by Crippen LogP contribution is -1.83. The van der Waals surface area contributed by atoms with Gasteiger partial charge < -0.3 is 4.42 Å². The molecule has 4 aromatic rings. The molecule has 4 rings (SSSR count). The van der Waals surface area contributed by atoms with E-state index >= 15 is 0 Å². The molecule has 0 spiro atoms. The fourth-order valence-electron chi connectivity index (χ4n) is 2.81. The van der Waals surface area contributed by atoms with Gasteiger partial charge in [-0.15, -0.1) is 0 Å². The first-order valence-corrected chi connectivity index (χ1v) is 6.67. The maximum atomic E-state index is 5.92. The molecule has 0 amide bonds. The number of hydrogen-bond donors (Lipinski definition) is 0. The normalized spacial score (nSPS) is 11.2. The molecule has 20 heavy (non-hydrogen) atoms. The molecule has 0 atom stereocenters. The average Bonchev–Trinajstić information content (AvgIpc) is 2.84. The summed E-state index contributed by atoms with van der Waals surface area (Å²) < 4.78 is 5.92. The number of benzene rings is 2. The largest absolute Gasteiger partial charge is 0.461 e. The van der Waals surface area contributed by atoms with Crippen molar-refractivity contribution in [3.8, 4) is 11.3 Å². The number of pyridine rings is 1. The Morgan fingerprint density at radius 1 is 0.900 bits per heavy atom. The Hall–Kier alpha value is -2.61. The smallest absolute Gasteiger partial charge is 0.135 e. The number of furan rings is 1. The molecule has 0 saturated carbocycles. The monoisotopic (exact) mass is 259 g/mol. The van der Waals surface area contributed by atoms with E-state index in [2.05, 4.69) is 35.3 Å². The summed E-state index contributed by atoms with van der Waals surface area (Å²) >= 11 is 0. The summed E-state index contributed by atoms with van der Waals surface area (Å²) in [5.41, 5.74) is 2.97. The van der Waals surface area contributed by atoms with Crippen LogP contribution in [0.3, 0.4) is 0 Å². The van der Waals surface area contributed by atoms with E-state index in [4.69, 9.17) is 4.42 Å². The molecule has 0 bridgehead atoms. The Kier molecular flexibility index (Phi) is 2.36. The van der Waals surface area contributed by atoms with Crippen LogP contribution in [0.15, 0.2) is 65.2 Å². The van der Waals surface area contributed by atoms with Crippen molar-refractivity contribution in [3.63, 3.8) is 0 Å². The Balaban J connectivity index is 2.20. The minimum atomic E-state index is 0.912. The highest BCUT2D eigenvalue weighted by Gasteiger charge is 2.15. The average molecular weight is 259 g/mol. The summed E-state index contributed by atoms with van der Waals surface area (Å²) in [4.78, 5) is 4.48. The van der Waals surface area contributed by atoms with Crippen LogP contribution in [-0.2, 0) is 0 Å². The fourth-order valence-corrected chi connectivity index (χ4v) is 2.81. The molecule has 0 fully saturated rings. The second-order valence-electron chi connectivity index (χ2n) is 4.91. The third-order valence-electron chi connectivity index (χ3n) is 3.68. The molecule has 2 heterocycles. The number of fused-ring (bicyclic) bond motifs is 3. The van der Waals surface area contributed by atoms with Gasteiger partial charge in [-0.1, -0.05) is 36.4 Å². The zero-order valence-corrected chi connectivity index (χ0v) is 11.1. The lowest BCUT2D eigenvalue weighted by atomic mass is 10.0. The predicted octanol–water partition coefficient (Wildman–Crippen LogP) is 4.96. The van der Waals surface area contributed by atoms with Gasteiger partial charge in [0.1, 0.15) is 11.3 Å². The standard InChI is InChI=1S/C18H13NO/c1-12-17(15-8-4-5-11-19-15)18-14-7-3-2-6-13(14)9-10-16(18)20-12/h2-11H,1H3. The van der Waals surface area contributed by atoms with Gasteiger partial charge in [0.15, 0.2) is 0 Å². The van der Waals surface area contributed by atoms with E-state index in [0.717, 1.165) is 28.0 Å². The minimum absolute atomic E-state index is 0.912. The van der Waals surface area contributed by atoms with Crippen molar-refractivity contribution < 1.29 is 4.42 Å². The Morgan fingerprint density at radius 2 is 1.75 bits per heavy atom. The molecule has 2 aromatic heterocycles. The summed E-state index contributed by atoms with van der Waals surface area (Å²) in [6, 6.07) is 18.5. The van der Waals surface area contributed by atoms with Crippen molar-refractivity contribution in [2.45, 2.75) is 6.92 Å². The summed E-state index contributed by atoms with van der Waals surface area (Å²) in [6.45, 7) is 2.00. The molecule has 0 aliphatic heterocycles. The molecule has 0 saturated heterocycles. The second-order valence-corrected chi connectivity index (χ2v) is 4.91. The van der Waals surface area contributed by atoms with E-state index in [1.54, 1.807) is 0 Å². The summed E-state index contributed by atoms with van der Waals surface area (Å²) in [6.07, 6.45) is 1.82. The van der Waals surface area contributed by atoms with Gasteiger partial charge in [-0.05, 0) is 35.9 Å². The highest BCUT2D eigenvalue weighted by molar-refractivity contribution is 6.13. The van der Waals surface area contributed by atoms with Gasteiger partial charge in [0.05, 0.1) is 5.69 Å². The van der Waals surface area contributed by atoms with Gasteiger partial charge in [0.25, 0.3) is 0 Å². The number of aryl methyl sites for hydroxylation is 1. The Labute approximate surface area is 116 Å². The van der Waals surface area contributed by atoms with Gasteiger partial charge in [-0.3, -0.25) is 4.98 Å². The highest BCUT2D eigenvalue weighted by atomic mass is 16.3. The third kappa shape index (κ3) is 1.55. The number of rotatable bonds is 1. The van der Waals surface area contributed by atoms with E-state index in [0.29, 0.717) is 0 Å². The van der Waals surface area contributed by atoms with Gasteiger partial charge in [-0.25, -0.2) is 0 Å². The molecule has 0 radical (unpaired) electrons. The molecule has 0 unspecified atom stereocenters. The first-order valence-electron chi connectivity index (χ1n) is 6.67. The van der Waals surface area contributed by atoms with Crippen LogP contribution in [0.1, 0.15) is 5.76 Å². The van der Waals surface area contributed by atoms with Crippen LogP contribution in [0, 0.1) is 6.92 Å². The number of nitrogens with zero attached hydrogens (tertiary/aromatic N) is 1. The van der Waals surface area contributed by atoms with Gasteiger partial charge in [0.2, 0.25) is 0 Å².